The zero-order valence-corrected chi connectivity index (χ0v) is 31.8. The summed E-state index contributed by atoms with van der Waals surface area (Å²) in [6.07, 6.45) is 0. The second kappa shape index (κ2) is 14.1. The third-order valence-corrected chi connectivity index (χ3v) is 11.5. The van der Waals surface area contributed by atoms with Gasteiger partial charge >= 0.3 is 0 Å². The van der Waals surface area contributed by atoms with Crippen LogP contribution in [0.5, 0.6) is 0 Å². The first-order valence-corrected chi connectivity index (χ1v) is 19.9. The summed E-state index contributed by atoms with van der Waals surface area (Å²) in [6.45, 7) is 0. The van der Waals surface area contributed by atoms with Gasteiger partial charge in [-0.2, -0.15) is 0 Å². The van der Waals surface area contributed by atoms with Crippen molar-refractivity contribution in [2.45, 2.75) is 0 Å². The van der Waals surface area contributed by atoms with E-state index in [2.05, 4.69) is 240 Å². The molecule has 0 spiro atoms. The largest absolute Gasteiger partial charge is 0.309 e. The summed E-state index contributed by atoms with van der Waals surface area (Å²) >= 11 is 0. The van der Waals surface area contributed by atoms with Crippen molar-refractivity contribution in [1.82, 2.24) is 4.57 Å². The van der Waals surface area contributed by atoms with Crippen LogP contribution in [0.25, 0.3) is 82.4 Å². The van der Waals surface area contributed by atoms with Gasteiger partial charge in [0, 0.05) is 27.6 Å². The van der Waals surface area contributed by atoms with Gasteiger partial charge in [-0.25, -0.2) is 0 Å². The van der Waals surface area contributed by atoms with Gasteiger partial charge < -0.3 is 9.47 Å². The second-order valence-electron chi connectivity index (χ2n) is 14.9. The lowest BCUT2D eigenvalue weighted by molar-refractivity contribution is 1.18. The first-order chi connectivity index (χ1) is 28.8. The van der Waals surface area contributed by atoms with Crippen LogP contribution < -0.4 is 4.90 Å². The molecular weight excluding hydrogens is 701 g/mol. The Balaban J connectivity index is 1.26. The highest BCUT2D eigenvalue weighted by molar-refractivity contribution is 6.17. The highest BCUT2D eigenvalue weighted by atomic mass is 15.2. The van der Waals surface area contributed by atoms with E-state index in [1.165, 1.54) is 54.5 Å². The Morgan fingerprint density at radius 2 is 0.828 bits per heavy atom. The monoisotopic (exact) mass is 738 g/mol. The molecule has 0 radical (unpaired) electrons. The van der Waals surface area contributed by atoms with E-state index in [9.17, 15) is 0 Å². The van der Waals surface area contributed by atoms with Gasteiger partial charge in [0.05, 0.1) is 28.1 Å². The molecule has 58 heavy (non-hydrogen) atoms. The maximum absolute atomic E-state index is 2.53. The summed E-state index contributed by atoms with van der Waals surface area (Å²) in [7, 11) is 0. The number of aromatic nitrogens is 1. The molecule has 2 nitrogen and oxygen atoms in total. The Hall–Kier alpha value is -7.68. The van der Waals surface area contributed by atoms with Crippen LogP contribution in [0, 0.1) is 0 Å². The van der Waals surface area contributed by atoms with Gasteiger partial charge in [0.2, 0.25) is 0 Å². The van der Waals surface area contributed by atoms with E-state index in [0.717, 1.165) is 45.0 Å². The van der Waals surface area contributed by atoms with E-state index in [4.69, 9.17) is 0 Å². The maximum Gasteiger partial charge on any atom is 0.0562 e. The number of rotatable bonds is 7. The van der Waals surface area contributed by atoms with Crippen molar-refractivity contribution in [3.8, 4) is 39.1 Å². The fraction of sp³-hybridized carbons (Fsp3) is 0. The smallest absolute Gasteiger partial charge is 0.0562 e. The summed E-state index contributed by atoms with van der Waals surface area (Å²) in [5.74, 6) is 0. The molecule has 0 bridgehead atoms. The lowest BCUT2D eigenvalue weighted by Gasteiger charge is -2.31. The van der Waals surface area contributed by atoms with Crippen molar-refractivity contribution in [2.75, 3.05) is 4.90 Å². The molecule has 0 saturated carbocycles. The van der Waals surface area contributed by atoms with E-state index < -0.39 is 0 Å². The standard InChI is InChI=1S/C56H38N2/c1-3-18-41(19-4-1)48-24-11-13-26-51(48)58(54-29-15-28-53-56(54)50-25-12-14-27-52(50)57(53)47-22-5-2-6-23-47)55-38-45(44-32-30-39-16-7-9-20-42(39)36-44)34-35-49(55)46-33-31-40-17-8-10-21-43(40)37-46/h1-38H. The van der Waals surface area contributed by atoms with Crippen LogP contribution in [-0.2, 0) is 0 Å². The molecule has 0 unspecified atom stereocenters. The van der Waals surface area contributed by atoms with Gasteiger partial charge in [0.15, 0.2) is 0 Å². The third kappa shape index (κ3) is 5.74. The molecule has 0 aliphatic carbocycles. The molecule has 11 rings (SSSR count). The minimum atomic E-state index is 1.10. The molecule has 0 atom stereocenters. The fourth-order valence-electron chi connectivity index (χ4n) is 8.83. The molecule has 0 aliphatic rings. The number of anilines is 3. The fourth-order valence-corrected chi connectivity index (χ4v) is 8.83. The predicted octanol–water partition coefficient (Wildman–Crippen LogP) is 15.6. The highest BCUT2D eigenvalue weighted by Crippen LogP contribution is 2.50. The highest BCUT2D eigenvalue weighted by Gasteiger charge is 2.25. The quantitative estimate of drug-likeness (QED) is 0.158. The van der Waals surface area contributed by atoms with Gasteiger partial charge in [-0.05, 0) is 98.4 Å². The van der Waals surface area contributed by atoms with Crippen molar-refractivity contribution in [3.63, 3.8) is 0 Å². The number of nitrogens with zero attached hydrogens (tertiary/aromatic N) is 2. The first kappa shape index (κ1) is 33.6. The van der Waals surface area contributed by atoms with E-state index in [0.29, 0.717) is 0 Å². The predicted molar refractivity (Wildman–Crippen MR) is 247 cm³/mol. The Labute approximate surface area is 338 Å². The van der Waals surface area contributed by atoms with E-state index >= 15 is 0 Å². The van der Waals surface area contributed by atoms with Crippen LogP contribution in [0.15, 0.2) is 231 Å². The van der Waals surface area contributed by atoms with Crippen LogP contribution >= 0.6 is 0 Å². The Morgan fingerprint density at radius 3 is 1.60 bits per heavy atom. The molecule has 1 heterocycles. The number of benzene rings is 10. The van der Waals surface area contributed by atoms with Crippen LogP contribution in [0.1, 0.15) is 0 Å². The van der Waals surface area contributed by atoms with Crippen molar-refractivity contribution >= 4 is 60.4 Å². The van der Waals surface area contributed by atoms with E-state index in [1.807, 2.05) is 0 Å². The lowest BCUT2D eigenvalue weighted by atomic mass is 9.93. The number of hydrogen-bond acceptors (Lipinski definition) is 1. The molecule has 0 amide bonds. The molecule has 2 heteroatoms. The number of fused-ring (bicyclic) bond motifs is 5. The minimum absolute atomic E-state index is 1.10. The summed E-state index contributed by atoms with van der Waals surface area (Å²) in [4.78, 5) is 2.53. The van der Waals surface area contributed by atoms with Crippen LogP contribution in [-0.4, -0.2) is 4.57 Å². The van der Waals surface area contributed by atoms with Crippen molar-refractivity contribution in [1.29, 1.82) is 0 Å². The summed E-state index contributed by atoms with van der Waals surface area (Å²) < 4.78 is 2.41. The Morgan fingerprint density at radius 1 is 0.293 bits per heavy atom. The molecule has 0 aliphatic heterocycles. The molecule has 272 valence electrons. The number of para-hydroxylation sites is 3. The maximum atomic E-state index is 2.53. The average Bonchev–Trinajstić information content (AvgIpc) is 3.64. The summed E-state index contributed by atoms with van der Waals surface area (Å²) in [6, 6.07) is 84.0. The van der Waals surface area contributed by atoms with Gasteiger partial charge in [-0.3, -0.25) is 0 Å². The molecule has 10 aromatic carbocycles. The first-order valence-electron chi connectivity index (χ1n) is 19.9. The zero-order valence-electron chi connectivity index (χ0n) is 31.8. The lowest BCUT2D eigenvalue weighted by Crippen LogP contribution is -2.13. The third-order valence-electron chi connectivity index (χ3n) is 11.5. The number of hydrogen-bond donors (Lipinski definition) is 0. The minimum Gasteiger partial charge on any atom is -0.309 e. The Kier molecular flexibility index (Phi) is 8.19. The van der Waals surface area contributed by atoms with Crippen molar-refractivity contribution in [2.24, 2.45) is 0 Å². The molecule has 11 aromatic rings. The van der Waals surface area contributed by atoms with E-state index in [1.54, 1.807) is 0 Å². The van der Waals surface area contributed by atoms with Crippen molar-refractivity contribution < 1.29 is 0 Å². The summed E-state index contributed by atoms with van der Waals surface area (Å²) in [5, 5.41) is 7.31. The SMILES string of the molecule is c1ccc(-c2ccccc2N(c2cc(-c3ccc4ccccc4c3)ccc2-c2ccc3ccccc3c2)c2cccc3c2c2ccccc2n3-c2ccccc2)cc1. The zero-order chi connectivity index (χ0) is 38.4. The topological polar surface area (TPSA) is 8.17 Å². The summed E-state index contributed by atoms with van der Waals surface area (Å²) in [5.41, 5.74) is 13.8. The van der Waals surface area contributed by atoms with Crippen LogP contribution in [0.4, 0.5) is 17.1 Å². The van der Waals surface area contributed by atoms with Gasteiger partial charge in [0.1, 0.15) is 0 Å². The molecule has 0 saturated heterocycles. The molecule has 0 fully saturated rings. The van der Waals surface area contributed by atoms with Crippen LogP contribution in [0.3, 0.4) is 0 Å². The van der Waals surface area contributed by atoms with E-state index in [-0.39, 0.29) is 0 Å². The molecule has 1 aromatic heterocycles. The van der Waals surface area contributed by atoms with Crippen molar-refractivity contribution in [3.05, 3.63) is 231 Å². The van der Waals surface area contributed by atoms with Gasteiger partial charge in [-0.1, -0.05) is 176 Å². The normalized spacial score (nSPS) is 11.4. The average molecular weight is 739 g/mol. The van der Waals surface area contributed by atoms with Gasteiger partial charge in [-0.15, -0.1) is 0 Å². The second-order valence-corrected chi connectivity index (χ2v) is 14.9. The van der Waals surface area contributed by atoms with Crippen LogP contribution in [0.2, 0.25) is 0 Å². The van der Waals surface area contributed by atoms with Gasteiger partial charge in [0.25, 0.3) is 0 Å². The molecule has 0 N–H and O–H groups in total. The molecular formula is C56H38N2. The Bertz CT molecular complexity index is 3290.